The number of hydrogen-bond acceptors (Lipinski definition) is 3. The van der Waals surface area contributed by atoms with Gasteiger partial charge in [-0.1, -0.05) is 24.3 Å². The molecule has 0 fully saturated rings. The van der Waals surface area contributed by atoms with Gasteiger partial charge in [-0.05, 0) is 11.6 Å². The molecule has 65 valence electrons. The average Bonchev–Trinajstić information content (AvgIpc) is 2.03. The fraction of sp³-hybridized carbons (Fsp3) is 0.250. The third-order valence-electron chi connectivity index (χ3n) is 1.43. The molecule has 3 nitrogen and oxygen atoms in total. The van der Waals surface area contributed by atoms with E-state index in [0.29, 0.717) is 5.56 Å². The summed E-state index contributed by atoms with van der Waals surface area (Å²) >= 11 is 0. The van der Waals surface area contributed by atoms with Crippen LogP contribution >= 0.6 is 0 Å². The monoisotopic (exact) mass is 185 g/mol. The van der Waals surface area contributed by atoms with Crippen LogP contribution in [0, 0.1) is 6.07 Å². The van der Waals surface area contributed by atoms with Gasteiger partial charge >= 0.3 is 0 Å². The van der Waals surface area contributed by atoms with E-state index in [0.717, 1.165) is 6.26 Å². The highest BCUT2D eigenvalue weighted by atomic mass is 32.2. The summed E-state index contributed by atoms with van der Waals surface area (Å²) in [4.78, 5) is 0. The number of rotatable bonds is 2. The third kappa shape index (κ3) is 2.06. The van der Waals surface area contributed by atoms with Crippen molar-refractivity contribution < 1.29 is 13.5 Å². The van der Waals surface area contributed by atoms with Crippen molar-refractivity contribution in [1.82, 2.24) is 0 Å². The van der Waals surface area contributed by atoms with E-state index in [1.807, 2.05) is 0 Å². The summed E-state index contributed by atoms with van der Waals surface area (Å²) in [5.41, 5.74) is -1.05. The van der Waals surface area contributed by atoms with Gasteiger partial charge in [0.15, 0.2) is 15.3 Å². The first kappa shape index (κ1) is 9.22. The molecule has 1 atom stereocenters. The Morgan fingerprint density at radius 2 is 1.92 bits per heavy atom. The van der Waals surface area contributed by atoms with E-state index in [-0.39, 0.29) is 0 Å². The number of hydrogen-bond donors (Lipinski definition) is 1. The molecule has 0 spiro atoms. The van der Waals surface area contributed by atoms with Crippen molar-refractivity contribution in [1.29, 1.82) is 0 Å². The maximum atomic E-state index is 10.9. The number of sulfone groups is 1. The summed E-state index contributed by atoms with van der Waals surface area (Å²) < 4.78 is 21.7. The molecule has 0 aliphatic rings. The molecular weight excluding hydrogens is 176 g/mol. The van der Waals surface area contributed by atoms with E-state index < -0.39 is 15.3 Å². The summed E-state index contributed by atoms with van der Waals surface area (Å²) in [6.07, 6.45) is 0.994. The van der Waals surface area contributed by atoms with Gasteiger partial charge in [-0.2, -0.15) is 0 Å². The lowest BCUT2D eigenvalue weighted by Crippen LogP contribution is -2.10. The average molecular weight is 185 g/mol. The van der Waals surface area contributed by atoms with Crippen molar-refractivity contribution in [3.63, 3.8) is 0 Å². The highest BCUT2D eigenvalue weighted by Gasteiger charge is 2.18. The second-order valence-electron chi connectivity index (χ2n) is 2.52. The molecular formula is C8H9O3S. The molecule has 1 rings (SSSR count). The van der Waals surface area contributed by atoms with Crippen LogP contribution in [-0.2, 0) is 9.84 Å². The molecule has 0 amide bonds. The first-order chi connectivity index (χ1) is 5.52. The van der Waals surface area contributed by atoms with E-state index in [1.54, 1.807) is 12.1 Å². The molecule has 1 unspecified atom stereocenters. The van der Waals surface area contributed by atoms with E-state index in [4.69, 9.17) is 0 Å². The molecule has 0 heterocycles. The Hall–Kier alpha value is -0.870. The summed E-state index contributed by atoms with van der Waals surface area (Å²) in [6, 6.07) is 8.89. The van der Waals surface area contributed by atoms with Crippen LogP contribution in [0.25, 0.3) is 0 Å². The minimum atomic E-state index is -3.41. The van der Waals surface area contributed by atoms with Crippen LogP contribution in [0.4, 0.5) is 0 Å². The van der Waals surface area contributed by atoms with Gasteiger partial charge in [0.25, 0.3) is 0 Å². The Morgan fingerprint density at radius 1 is 1.42 bits per heavy atom. The lowest BCUT2D eigenvalue weighted by atomic mass is 10.2. The molecule has 0 saturated heterocycles. The van der Waals surface area contributed by atoms with Crippen LogP contribution in [0.5, 0.6) is 0 Å². The van der Waals surface area contributed by atoms with E-state index >= 15 is 0 Å². The van der Waals surface area contributed by atoms with Gasteiger partial charge in [0.1, 0.15) is 0 Å². The smallest absolute Gasteiger partial charge is 0.180 e. The van der Waals surface area contributed by atoms with Gasteiger partial charge in [-0.15, -0.1) is 0 Å². The molecule has 1 N–H and O–H groups in total. The van der Waals surface area contributed by atoms with Crippen LogP contribution in [0.3, 0.4) is 0 Å². The Kier molecular flexibility index (Phi) is 2.49. The van der Waals surface area contributed by atoms with Crippen molar-refractivity contribution in [2.45, 2.75) is 5.44 Å². The highest BCUT2D eigenvalue weighted by molar-refractivity contribution is 7.90. The predicted octanol–water partition coefficient (Wildman–Crippen LogP) is 0.522. The van der Waals surface area contributed by atoms with Crippen LogP contribution in [0.2, 0.25) is 0 Å². The van der Waals surface area contributed by atoms with Gasteiger partial charge in [0.05, 0.1) is 0 Å². The van der Waals surface area contributed by atoms with Crippen molar-refractivity contribution in [2.24, 2.45) is 0 Å². The summed E-state index contributed by atoms with van der Waals surface area (Å²) in [5, 5.41) is 9.26. The van der Waals surface area contributed by atoms with Crippen LogP contribution < -0.4 is 0 Å². The van der Waals surface area contributed by atoms with Crippen molar-refractivity contribution in [3.05, 3.63) is 35.9 Å². The lowest BCUT2D eigenvalue weighted by molar-refractivity contribution is 0.255. The molecule has 12 heavy (non-hydrogen) atoms. The Morgan fingerprint density at radius 3 is 2.33 bits per heavy atom. The number of aliphatic hydroxyl groups excluding tert-OH is 1. The second kappa shape index (κ2) is 3.25. The van der Waals surface area contributed by atoms with Crippen LogP contribution in [0.1, 0.15) is 11.0 Å². The molecule has 1 aromatic carbocycles. The first-order valence-corrected chi connectivity index (χ1v) is 5.30. The largest absolute Gasteiger partial charge is 0.373 e. The zero-order valence-electron chi connectivity index (χ0n) is 6.56. The molecule has 0 saturated carbocycles. The Balaban J connectivity index is 3.02. The fourth-order valence-corrected chi connectivity index (χ4v) is 1.46. The van der Waals surface area contributed by atoms with E-state index in [1.165, 1.54) is 12.1 Å². The lowest BCUT2D eigenvalue weighted by Gasteiger charge is -2.07. The molecule has 1 radical (unpaired) electrons. The van der Waals surface area contributed by atoms with Crippen LogP contribution in [-0.4, -0.2) is 19.8 Å². The van der Waals surface area contributed by atoms with Gasteiger partial charge in [0.2, 0.25) is 0 Å². The maximum Gasteiger partial charge on any atom is 0.180 e. The SMILES string of the molecule is CS(=O)(=O)C(O)c1cc[c]cc1. The van der Waals surface area contributed by atoms with Gasteiger partial charge in [0, 0.05) is 6.26 Å². The predicted molar refractivity (Wildman–Crippen MR) is 45.1 cm³/mol. The topological polar surface area (TPSA) is 54.4 Å². The highest BCUT2D eigenvalue weighted by Crippen LogP contribution is 2.16. The maximum absolute atomic E-state index is 10.9. The van der Waals surface area contributed by atoms with Crippen molar-refractivity contribution >= 4 is 9.84 Å². The molecule has 1 aromatic rings. The fourth-order valence-electron chi connectivity index (χ4n) is 0.812. The van der Waals surface area contributed by atoms with E-state index in [9.17, 15) is 13.5 Å². The van der Waals surface area contributed by atoms with E-state index in [2.05, 4.69) is 6.07 Å². The minimum absolute atomic E-state index is 0.372. The van der Waals surface area contributed by atoms with Crippen molar-refractivity contribution in [3.8, 4) is 0 Å². The van der Waals surface area contributed by atoms with Crippen LogP contribution in [0.15, 0.2) is 24.3 Å². The normalized spacial score (nSPS) is 14.2. The standard InChI is InChI=1S/C8H9O3S/c1-12(10,11)8(9)7-5-3-2-4-6-7/h3-6,8-9H,1H3. The first-order valence-electron chi connectivity index (χ1n) is 3.35. The molecule has 4 heteroatoms. The minimum Gasteiger partial charge on any atom is -0.373 e. The Bertz CT molecular complexity index is 342. The zero-order chi connectivity index (χ0) is 9.19. The molecule has 0 bridgehead atoms. The molecule has 0 aliphatic heterocycles. The molecule has 0 aliphatic carbocycles. The summed E-state index contributed by atoms with van der Waals surface area (Å²) in [6.45, 7) is 0. The Labute approximate surface area is 71.6 Å². The number of benzene rings is 1. The van der Waals surface area contributed by atoms with Crippen molar-refractivity contribution in [2.75, 3.05) is 6.26 Å². The summed E-state index contributed by atoms with van der Waals surface area (Å²) in [5.74, 6) is 0. The molecule has 0 aromatic heterocycles. The quantitative estimate of drug-likeness (QED) is 0.731. The van der Waals surface area contributed by atoms with Gasteiger partial charge in [-0.25, -0.2) is 8.42 Å². The second-order valence-corrected chi connectivity index (χ2v) is 4.62. The third-order valence-corrected chi connectivity index (χ3v) is 2.52. The van der Waals surface area contributed by atoms with Gasteiger partial charge in [-0.3, -0.25) is 0 Å². The zero-order valence-corrected chi connectivity index (χ0v) is 7.38. The number of aliphatic hydroxyl groups is 1. The van der Waals surface area contributed by atoms with Gasteiger partial charge < -0.3 is 5.11 Å². The summed E-state index contributed by atoms with van der Waals surface area (Å²) in [7, 11) is -3.41.